The Kier molecular flexibility index (Phi) is 200. The van der Waals surface area contributed by atoms with Crippen molar-refractivity contribution < 1.29 is 31.4 Å². The molecular formula is C3H8O6. The molecule has 0 fully saturated rings. The van der Waals surface area contributed by atoms with Crippen LogP contribution in [-0.2, 0) is 19.3 Å². The largest absolute Gasteiger partial charge is 1.00 e. The van der Waals surface area contributed by atoms with Gasteiger partial charge in [0.1, 0.15) is 0 Å². The predicted octanol–water partition coefficient (Wildman–Crippen LogP) is -2.22. The highest BCUT2D eigenvalue weighted by Crippen LogP contribution is 1.22. The third kappa shape index (κ3) is 2910. The Bertz CT molecular complexity index is 67.4. The lowest BCUT2D eigenvalue weighted by atomic mass is 11.7. The van der Waals surface area contributed by atoms with Crippen LogP contribution in [0, 0.1) is 0 Å². The second kappa shape index (κ2) is 71.9. The van der Waals surface area contributed by atoms with Crippen molar-refractivity contribution in [3.63, 3.8) is 0 Å². The number of hydrogen-bond acceptors (Lipinski definition) is 5. The Morgan fingerprint density at radius 1 is 1.56 bits per heavy atom. The molecule has 56 valence electrons. The Morgan fingerprint density at radius 2 is 1.67 bits per heavy atom. The van der Waals surface area contributed by atoms with Gasteiger partial charge in [0.05, 0.1) is 0 Å². The van der Waals surface area contributed by atoms with Crippen LogP contribution in [0.2, 0.25) is 0 Å². The standard InChI is InChI=1S/CH2O3.CO2.CH4.H2O/c2-1-4-3;2-1-3;;/h1,3H;;1H4;1H2. The van der Waals surface area contributed by atoms with Crippen LogP contribution in [0.1, 0.15) is 8.85 Å². The van der Waals surface area contributed by atoms with Crippen LogP contribution < -0.4 is 5.26 Å². The van der Waals surface area contributed by atoms with Crippen molar-refractivity contribution in [1.82, 2.24) is 0 Å². The molecule has 0 radical (unpaired) electrons. The smallest absolute Gasteiger partial charge is 0.662 e. The lowest BCUT2D eigenvalue weighted by Gasteiger charge is -1.88. The van der Waals surface area contributed by atoms with E-state index in [1.807, 2.05) is 0 Å². The molecule has 0 aliphatic carbocycles. The third-order valence-electron chi connectivity index (χ3n) is 0.0393. The molecule has 2 N–H and O–H groups in total. The van der Waals surface area contributed by atoms with Crippen molar-refractivity contribution in [2.75, 3.05) is 0 Å². The lowest BCUT2D eigenvalue weighted by Crippen LogP contribution is -2.00. The zero-order valence-corrected chi connectivity index (χ0v) is 3.62. The molecule has 6 heteroatoms. The van der Waals surface area contributed by atoms with Gasteiger partial charge in [0.25, 0.3) is 6.47 Å². The van der Waals surface area contributed by atoms with E-state index in [-0.39, 0.29) is 27.0 Å². The van der Waals surface area contributed by atoms with E-state index in [4.69, 9.17) is 19.6 Å². The fraction of sp³-hybridized carbons (Fsp3) is 0.333. The Morgan fingerprint density at radius 3 is 1.67 bits per heavy atom. The first-order valence-corrected chi connectivity index (χ1v) is 1.05. The van der Waals surface area contributed by atoms with Gasteiger partial charge in [-0.05, 0) is 0 Å². The molecule has 0 atom stereocenters. The van der Waals surface area contributed by atoms with Crippen LogP contribution in [0.3, 0.4) is 0 Å². The van der Waals surface area contributed by atoms with Gasteiger partial charge in [-0.2, -0.15) is 9.59 Å². The molecule has 0 aromatic heterocycles. The third-order valence-corrected chi connectivity index (χ3v) is 0.0393. The van der Waals surface area contributed by atoms with Gasteiger partial charge in [0.15, 0.2) is 0 Å². The molecule has 9 heavy (non-hydrogen) atoms. The summed E-state index contributed by atoms with van der Waals surface area (Å²) in [6.07, 6.45) is 0.250. The van der Waals surface area contributed by atoms with Crippen molar-refractivity contribution in [3.8, 4) is 0 Å². The molecular weight excluding hydrogens is 132 g/mol. The van der Waals surface area contributed by atoms with E-state index in [9.17, 15) is 0 Å². The number of hydrogen-bond donors (Lipinski definition) is 0. The van der Waals surface area contributed by atoms with Gasteiger partial charge in [-0.25, -0.2) is 0 Å². The van der Waals surface area contributed by atoms with Gasteiger partial charge in [-0.1, -0.05) is 7.43 Å². The van der Waals surface area contributed by atoms with E-state index in [1.54, 1.807) is 0 Å². The van der Waals surface area contributed by atoms with Gasteiger partial charge < -0.3 is 15.6 Å². The van der Waals surface area contributed by atoms with Gasteiger partial charge in [-0.3, -0.25) is 4.79 Å². The summed E-state index contributed by atoms with van der Waals surface area (Å²) in [5.41, 5.74) is 0. The van der Waals surface area contributed by atoms with Crippen molar-refractivity contribution in [2.45, 2.75) is 7.43 Å². The van der Waals surface area contributed by atoms with E-state index < -0.39 is 0 Å². The average Bonchev–Trinajstić information content (AvgIpc) is 1.69. The molecule has 0 aliphatic rings. The molecule has 0 rings (SSSR count). The molecule has 0 aliphatic heterocycles. The maximum Gasteiger partial charge on any atom is 1.00 e. The van der Waals surface area contributed by atoms with Crippen LogP contribution in [0.5, 0.6) is 0 Å². The van der Waals surface area contributed by atoms with Crippen LogP contribution >= 0.6 is 0 Å². The van der Waals surface area contributed by atoms with Crippen LogP contribution in [0.15, 0.2) is 0 Å². The molecule has 0 bridgehead atoms. The highest BCUT2D eigenvalue weighted by atomic mass is 17.1. The molecule has 0 unspecified atom stereocenters. The van der Waals surface area contributed by atoms with Crippen LogP contribution in [0.4, 0.5) is 0 Å². The zero-order valence-electron chi connectivity index (χ0n) is 4.62. The normalized spacial score (nSPS) is 3.22. The SMILES string of the molecule is C.O.O=C=O.O=CO[O-].[H+]. The summed E-state index contributed by atoms with van der Waals surface area (Å²) in [5.74, 6) is 0. The summed E-state index contributed by atoms with van der Waals surface area (Å²) >= 11 is 0. The Labute approximate surface area is 52.8 Å². The van der Waals surface area contributed by atoms with E-state index in [0.29, 0.717) is 0 Å². The van der Waals surface area contributed by atoms with Gasteiger partial charge in [-0.15, -0.1) is 0 Å². The van der Waals surface area contributed by atoms with Gasteiger partial charge in [0.2, 0.25) is 0 Å². The minimum absolute atomic E-state index is 0. The fourth-order valence-corrected chi connectivity index (χ4v) is 0. The summed E-state index contributed by atoms with van der Waals surface area (Å²) in [4.78, 5) is 27.5. The molecule has 6 nitrogen and oxygen atoms in total. The van der Waals surface area contributed by atoms with Crippen LogP contribution in [-0.4, -0.2) is 18.1 Å². The topological polar surface area (TPSA) is 115 Å². The number of rotatable bonds is 1. The van der Waals surface area contributed by atoms with Gasteiger partial charge >= 0.3 is 7.58 Å². The Hall–Kier alpha value is -1.23. The van der Waals surface area contributed by atoms with Crippen molar-refractivity contribution in [1.29, 1.82) is 0 Å². The Balaban J connectivity index is -0.0000000131. The monoisotopic (exact) mass is 140 g/mol. The van der Waals surface area contributed by atoms with Crippen molar-refractivity contribution in [2.24, 2.45) is 0 Å². The molecule has 0 aromatic rings. The first kappa shape index (κ1) is 25.1. The highest BCUT2D eigenvalue weighted by molar-refractivity contribution is 5.35. The quantitative estimate of drug-likeness (QED) is 0.232. The van der Waals surface area contributed by atoms with E-state index >= 15 is 0 Å². The van der Waals surface area contributed by atoms with Crippen molar-refractivity contribution in [3.05, 3.63) is 0 Å². The minimum atomic E-state index is -0.181. The maximum absolute atomic E-state index is 8.64. The lowest BCUT2D eigenvalue weighted by molar-refractivity contribution is -0.652. The first-order chi connectivity index (χ1) is 3.33. The summed E-state index contributed by atoms with van der Waals surface area (Å²) in [6.45, 7) is -0.181. The molecule has 0 spiro atoms. The predicted molar refractivity (Wildman–Crippen MR) is 23.6 cm³/mol. The first-order valence-electron chi connectivity index (χ1n) is 1.05. The minimum Gasteiger partial charge on any atom is -0.662 e. The summed E-state index contributed by atoms with van der Waals surface area (Å²) in [7, 11) is 0. The molecule has 0 saturated carbocycles. The molecule has 0 aromatic carbocycles. The van der Waals surface area contributed by atoms with Gasteiger partial charge in [0, 0.05) is 0 Å². The summed E-state index contributed by atoms with van der Waals surface area (Å²) in [5, 5.41) is 8.43. The average molecular weight is 140 g/mol. The molecule has 0 amide bonds. The van der Waals surface area contributed by atoms with Crippen LogP contribution in [0.25, 0.3) is 0 Å². The highest BCUT2D eigenvalue weighted by Gasteiger charge is 1.34. The second-order valence-corrected chi connectivity index (χ2v) is 0.276. The van der Waals surface area contributed by atoms with E-state index in [2.05, 4.69) is 4.89 Å². The fourth-order valence-electron chi connectivity index (χ4n) is 0. The molecule has 0 saturated heterocycles. The zero-order chi connectivity index (χ0) is 6.12. The summed E-state index contributed by atoms with van der Waals surface area (Å²) < 4.78 is 0. The number of carbonyl (C=O) groups is 1. The second-order valence-electron chi connectivity index (χ2n) is 0.276. The number of carbonyl (C=O) groups excluding carboxylic acids is 3. The van der Waals surface area contributed by atoms with E-state index in [0.717, 1.165) is 0 Å². The van der Waals surface area contributed by atoms with E-state index in [1.165, 1.54) is 0 Å². The van der Waals surface area contributed by atoms with Crippen molar-refractivity contribution >= 4 is 12.6 Å². The molecule has 0 heterocycles. The maximum atomic E-state index is 8.64. The summed E-state index contributed by atoms with van der Waals surface area (Å²) in [6, 6.07) is 0.